The molecule has 1 aromatic heterocycles. The summed E-state index contributed by atoms with van der Waals surface area (Å²) in [5.41, 5.74) is 4.72. The minimum atomic E-state index is -0.194. The van der Waals surface area contributed by atoms with Crippen LogP contribution in [-0.4, -0.2) is 15.8 Å². The van der Waals surface area contributed by atoms with Gasteiger partial charge in [0.1, 0.15) is 5.82 Å². The summed E-state index contributed by atoms with van der Waals surface area (Å²) in [4.78, 5) is 0. The van der Waals surface area contributed by atoms with E-state index in [4.69, 9.17) is 0 Å². The van der Waals surface area contributed by atoms with Crippen molar-refractivity contribution in [3.63, 3.8) is 0 Å². The highest BCUT2D eigenvalue weighted by Gasteiger charge is 2.15. The summed E-state index contributed by atoms with van der Waals surface area (Å²) in [6, 6.07) is 7.20. The summed E-state index contributed by atoms with van der Waals surface area (Å²) in [5.74, 6) is -0.194. The first-order chi connectivity index (χ1) is 9.88. The molecule has 1 aromatic carbocycles. The smallest absolute Gasteiger partial charge is 0.123 e. The summed E-state index contributed by atoms with van der Waals surface area (Å²) in [5, 5.41) is 8.03. The molecule has 0 aliphatic rings. The van der Waals surface area contributed by atoms with Gasteiger partial charge in [-0.15, -0.1) is 0 Å². The quantitative estimate of drug-likeness (QED) is 0.913. The van der Waals surface area contributed by atoms with Crippen LogP contribution in [0.4, 0.5) is 4.39 Å². The van der Waals surface area contributed by atoms with Gasteiger partial charge in [0, 0.05) is 24.8 Å². The normalized spacial score (nSPS) is 14.2. The van der Waals surface area contributed by atoms with E-state index < -0.39 is 0 Å². The molecule has 0 bridgehead atoms. The molecule has 0 aliphatic heterocycles. The van der Waals surface area contributed by atoms with Crippen LogP contribution in [0.3, 0.4) is 0 Å². The maximum absolute atomic E-state index is 13.0. The lowest BCUT2D eigenvalue weighted by atomic mass is 10.0. The van der Waals surface area contributed by atoms with Crippen molar-refractivity contribution in [1.82, 2.24) is 15.1 Å². The summed E-state index contributed by atoms with van der Waals surface area (Å²) >= 11 is 0. The fourth-order valence-corrected chi connectivity index (χ4v) is 2.75. The molecule has 0 saturated heterocycles. The SMILES string of the molecule is Cc1nn(C)c(C)c1C[C@H](C)N[C@@H](C)c1ccc(F)cc1. The lowest BCUT2D eigenvalue weighted by Crippen LogP contribution is -2.31. The van der Waals surface area contributed by atoms with E-state index in [1.165, 1.54) is 23.4 Å². The zero-order chi connectivity index (χ0) is 15.6. The average Bonchev–Trinajstić information content (AvgIpc) is 2.66. The van der Waals surface area contributed by atoms with Crippen LogP contribution in [0.1, 0.15) is 42.4 Å². The molecule has 0 spiro atoms. The fraction of sp³-hybridized carbons (Fsp3) is 0.471. The van der Waals surface area contributed by atoms with E-state index in [9.17, 15) is 4.39 Å². The molecule has 0 fully saturated rings. The van der Waals surface area contributed by atoms with Crippen molar-refractivity contribution in [3.8, 4) is 0 Å². The van der Waals surface area contributed by atoms with E-state index in [-0.39, 0.29) is 11.9 Å². The topological polar surface area (TPSA) is 29.9 Å². The maximum Gasteiger partial charge on any atom is 0.123 e. The molecule has 2 aromatic rings. The highest BCUT2D eigenvalue weighted by Crippen LogP contribution is 2.17. The third kappa shape index (κ3) is 3.70. The second kappa shape index (κ2) is 6.39. The minimum Gasteiger partial charge on any atom is -0.307 e. The molecule has 2 rings (SSSR count). The van der Waals surface area contributed by atoms with E-state index in [2.05, 4.69) is 38.1 Å². The standard InChI is InChI=1S/C17H24FN3/c1-11(10-17-13(3)20-21(5)14(17)4)19-12(2)15-6-8-16(18)9-7-15/h6-9,11-12,19H,10H2,1-5H3/t11-,12-/m0/s1. The largest absolute Gasteiger partial charge is 0.307 e. The fourth-order valence-electron chi connectivity index (χ4n) is 2.75. The van der Waals surface area contributed by atoms with Crippen LogP contribution in [0.5, 0.6) is 0 Å². The van der Waals surface area contributed by atoms with Gasteiger partial charge in [-0.25, -0.2) is 4.39 Å². The van der Waals surface area contributed by atoms with Crippen LogP contribution in [0.25, 0.3) is 0 Å². The van der Waals surface area contributed by atoms with Crippen LogP contribution < -0.4 is 5.32 Å². The van der Waals surface area contributed by atoms with Gasteiger partial charge in [-0.2, -0.15) is 5.10 Å². The molecule has 0 radical (unpaired) electrons. The Hall–Kier alpha value is -1.68. The molecule has 4 heteroatoms. The highest BCUT2D eigenvalue weighted by atomic mass is 19.1. The van der Waals surface area contributed by atoms with Crippen molar-refractivity contribution in [2.75, 3.05) is 0 Å². The first-order valence-electron chi connectivity index (χ1n) is 7.39. The number of benzene rings is 1. The molecule has 0 saturated carbocycles. The van der Waals surface area contributed by atoms with Crippen LogP contribution in [-0.2, 0) is 13.5 Å². The summed E-state index contributed by atoms with van der Waals surface area (Å²) in [7, 11) is 1.98. The van der Waals surface area contributed by atoms with Gasteiger partial charge >= 0.3 is 0 Å². The van der Waals surface area contributed by atoms with Gasteiger partial charge in [0.15, 0.2) is 0 Å². The van der Waals surface area contributed by atoms with Gasteiger partial charge in [0.05, 0.1) is 5.69 Å². The molecule has 114 valence electrons. The molecule has 21 heavy (non-hydrogen) atoms. The molecule has 2 atom stereocenters. The molecule has 3 nitrogen and oxygen atoms in total. The molecule has 1 N–H and O–H groups in total. The second-order valence-corrected chi connectivity index (χ2v) is 5.82. The van der Waals surface area contributed by atoms with E-state index in [1.807, 2.05) is 23.9 Å². The highest BCUT2D eigenvalue weighted by molar-refractivity contribution is 5.25. The molecular weight excluding hydrogens is 265 g/mol. The Morgan fingerprint density at radius 1 is 1.19 bits per heavy atom. The first-order valence-corrected chi connectivity index (χ1v) is 7.39. The number of rotatable bonds is 5. The predicted octanol–water partition coefficient (Wildman–Crippen LogP) is 3.46. The zero-order valence-electron chi connectivity index (χ0n) is 13.4. The van der Waals surface area contributed by atoms with Gasteiger partial charge in [-0.3, -0.25) is 4.68 Å². The van der Waals surface area contributed by atoms with Gasteiger partial charge in [0.25, 0.3) is 0 Å². The summed E-state index contributed by atoms with van der Waals surface area (Å²) < 4.78 is 14.9. The monoisotopic (exact) mass is 289 g/mol. The Labute approximate surface area is 126 Å². The van der Waals surface area contributed by atoms with Crippen LogP contribution in [0.15, 0.2) is 24.3 Å². The van der Waals surface area contributed by atoms with E-state index >= 15 is 0 Å². The first kappa shape index (κ1) is 15.7. The van der Waals surface area contributed by atoms with Crippen LogP contribution >= 0.6 is 0 Å². The number of nitrogens with one attached hydrogen (secondary N) is 1. The van der Waals surface area contributed by atoms with Crippen LogP contribution in [0.2, 0.25) is 0 Å². The van der Waals surface area contributed by atoms with E-state index in [1.54, 1.807) is 0 Å². The van der Waals surface area contributed by atoms with Gasteiger partial charge in [0.2, 0.25) is 0 Å². The van der Waals surface area contributed by atoms with Crippen molar-refractivity contribution < 1.29 is 4.39 Å². The predicted molar refractivity (Wildman–Crippen MR) is 83.8 cm³/mol. The average molecular weight is 289 g/mol. The number of aryl methyl sites for hydroxylation is 2. The Bertz CT molecular complexity index is 601. The van der Waals surface area contributed by atoms with E-state index in [0.717, 1.165) is 17.7 Å². The third-order valence-electron chi connectivity index (χ3n) is 4.07. The van der Waals surface area contributed by atoms with E-state index in [0.29, 0.717) is 6.04 Å². The van der Waals surface area contributed by atoms with Crippen molar-refractivity contribution >= 4 is 0 Å². The number of nitrogens with zero attached hydrogens (tertiary/aromatic N) is 2. The lowest BCUT2D eigenvalue weighted by molar-refractivity contribution is 0.475. The zero-order valence-corrected chi connectivity index (χ0v) is 13.4. The summed E-state index contributed by atoms with van der Waals surface area (Å²) in [6.07, 6.45) is 0.942. The maximum atomic E-state index is 13.0. The summed E-state index contributed by atoms with van der Waals surface area (Å²) in [6.45, 7) is 8.43. The van der Waals surface area contributed by atoms with Crippen molar-refractivity contribution in [2.24, 2.45) is 7.05 Å². The number of hydrogen-bond acceptors (Lipinski definition) is 2. The Morgan fingerprint density at radius 2 is 1.81 bits per heavy atom. The lowest BCUT2D eigenvalue weighted by Gasteiger charge is -2.20. The Balaban J connectivity index is 2.01. The van der Waals surface area contributed by atoms with Crippen LogP contribution in [0, 0.1) is 19.7 Å². The van der Waals surface area contributed by atoms with Gasteiger partial charge in [-0.05, 0) is 57.4 Å². The Kier molecular flexibility index (Phi) is 4.78. The second-order valence-electron chi connectivity index (χ2n) is 5.82. The number of aromatic nitrogens is 2. The minimum absolute atomic E-state index is 0.192. The van der Waals surface area contributed by atoms with Crippen molar-refractivity contribution in [3.05, 3.63) is 52.6 Å². The van der Waals surface area contributed by atoms with Crippen molar-refractivity contribution in [1.29, 1.82) is 0 Å². The molecule has 0 amide bonds. The van der Waals surface area contributed by atoms with Crippen molar-refractivity contribution in [2.45, 2.75) is 46.2 Å². The third-order valence-corrected chi connectivity index (χ3v) is 4.07. The van der Waals surface area contributed by atoms with Gasteiger partial charge < -0.3 is 5.32 Å². The van der Waals surface area contributed by atoms with Gasteiger partial charge in [-0.1, -0.05) is 12.1 Å². The molecule has 0 unspecified atom stereocenters. The molecule has 0 aliphatic carbocycles. The Morgan fingerprint density at radius 3 is 2.33 bits per heavy atom. The number of hydrogen-bond donors (Lipinski definition) is 1. The molecular formula is C17H24FN3. The number of halogens is 1. The molecule has 1 heterocycles.